The van der Waals surface area contributed by atoms with Gasteiger partial charge in [0.2, 0.25) is 0 Å². The van der Waals surface area contributed by atoms with Crippen molar-refractivity contribution in [1.82, 2.24) is 10.2 Å². The van der Waals surface area contributed by atoms with Crippen LogP contribution in [0.5, 0.6) is 0 Å². The third kappa shape index (κ3) is 2.06. The SMILES string of the molecule is CC(=O)CCc1[nH]nc(N)c1C#N. The van der Waals surface area contributed by atoms with E-state index in [0.29, 0.717) is 24.1 Å². The Morgan fingerprint density at radius 3 is 3.00 bits per heavy atom. The number of aromatic nitrogens is 2. The molecular weight excluding hydrogens is 168 g/mol. The summed E-state index contributed by atoms with van der Waals surface area (Å²) in [7, 11) is 0. The average Bonchev–Trinajstić information content (AvgIpc) is 2.42. The van der Waals surface area contributed by atoms with E-state index in [0.717, 1.165) is 0 Å². The highest BCUT2D eigenvalue weighted by Crippen LogP contribution is 2.13. The summed E-state index contributed by atoms with van der Waals surface area (Å²) in [6.07, 6.45) is 0.888. The molecular formula is C8H10N4O. The number of rotatable bonds is 3. The molecule has 1 aromatic rings. The van der Waals surface area contributed by atoms with Gasteiger partial charge >= 0.3 is 0 Å². The molecule has 0 fully saturated rings. The Morgan fingerprint density at radius 1 is 1.77 bits per heavy atom. The molecule has 1 rings (SSSR count). The van der Waals surface area contributed by atoms with E-state index in [1.165, 1.54) is 6.92 Å². The maximum atomic E-state index is 10.7. The predicted molar refractivity (Wildman–Crippen MR) is 46.7 cm³/mol. The van der Waals surface area contributed by atoms with Gasteiger partial charge < -0.3 is 10.5 Å². The van der Waals surface area contributed by atoms with Gasteiger partial charge in [0.05, 0.1) is 5.69 Å². The van der Waals surface area contributed by atoms with Gasteiger partial charge in [0.1, 0.15) is 17.4 Å². The normalized spacial score (nSPS) is 9.54. The molecule has 0 amide bonds. The van der Waals surface area contributed by atoms with Crippen LogP contribution in [-0.4, -0.2) is 16.0 Å². The Labute approximate surface area is 75.5 Å². The summed E-state index contributed by atoms with van der Waals surface area (Å²) in [5, 5.41) is 15.0. The molecule has 0 saturated carbocycles. The molecule has 3 N–H and O–H groups in total. The van der Waals surface area contributed by atoms with E-state index in [4.69, 9.17) is 11.0 Å². The maximum Gasteiger partial charge on any atom is 0.163 e. The van der Waals surface area contributed by atoms with E-state index in [1.54, 1.807) is 0 Å². The summed E-state index contributed by atoms with van der Waals surface area (Å²) in [6, 6.07) is 1.94. The number of hydrogen-bond donors (Lipinski definition) is 2. The van der Waals surface area contributed by atoms with Crippen molar-refractivity contribution in [1.29, 1.82) is 5.26 Å². The van der Waals surface area contributed by atoms with E-state index in [-0.39, 0.29) is 11.6 Å². The Kier molecular flexibility index (Phi) is 2.65. The monoisotopic (exact) mass is 178 g/mol. The van der Waals surface area contributed by atoms with Gasteiger partial charge in [0.15, 0.2) is 5.82 Å². The van der Waals surface area contributed by atoms with Crippen molar-refractivity contribution < 1.29 is 4.79 Å². The lowest BCUT2D eigenvalue weighted by Crippen LogP contribution is -1.96. The molecule has 5 nitrogen and oxygen atoms in total. The number of nitrogens with two attached hydrogens (primary N) is 1. The van der Waals surface area contributed by atoms with Gasteiger partial charge in [0.25, 0.3) is 0 Å². The quantitative estimate of drug-likeness (QED) is 0.699. The number of aryl methyl sites for hydroxylation is 1. The largest absolute Gasteiger partial charge is 0.381 e. The number of carbonyl (C=O) groups excluding carboxylic acids is 1. The third-order valence-electron chi connectivity index (χ3n) is 1.71. The Bertz CT molecular complexity index is 361. The van der Waals surface area contributed by atoms with E-state index in [2.05, 4.69) is 10.2 Å². The summed E-state index contributed by atoms with van der Waals surface area (Å²) >= 11 is 0. The van der Waals surface area contributed by atoms with E-state index < -0.39 is 0 Å². The molecule has 0 aliphatic carbocycles. The van der Waals surface area contributed by atoms with Crippen LogP contribution in [0.1, 0.15) is 24.6 Å². The second-order valence-corrected chi connectivity index (χ2v) is 2.78. The highest BCUT2D eigenvalue weighted by molar-refractivity contribution is 5.75. The van der Waals surface area contributed by atoms with Crippen LogP contribution in [0, 0.1) is 11.3 Å². The molecule has 0 bridgehead atoms. The van der Waals surface area contributed by atoms with Crippen molar-refractivity contribution in [3.05, 3.63) is 11.3 Å². The van der Waals surface area contributed by atoms with Gasteiger partial charge in [-0.1, -0.05) is 0 Å². The van der Waals surface area contributed by atoms with Gasteiger partial charge in [-0.2, -0.15) is 10.4 Å². The lowest BCUT2D eigenvalue weighted by molar-refractivity contribution is -0.116. The lowest BCUT2D eigenvalue weighted by atomic mass is 10.1. The third-order valence-corrected chi connectivity index (χ3v) is 1.71. The number of anilines is 1. The number of nitriles is 1. The molecule has 0 aliphatic rings. The molecule has 0 unspecified atom stereocenters. The number of hydrogen-bond acceptors (Lipinski definition) is 4. The van der Waals surface area contributed by atoms with Crippen LogP contribution in [-0.2, 0) is 11.2 Å². The van der Waals surface area contributed by atoms with Crippen LogP contribution in [0.2, 0.25) is 0 Å². The minimum atomic E-state index is 0.0806. The number of aromatic amines is 1. The summed E-state index contributed by atoms with van der Waals surface area (Å²) in [5.41, 5.74) is 6.39. The standard InChI is InChI=1S/C8H10N4O/c1-5(13)2-3-7-6(4-9)8(10)12-11-7/h2-3H2,1H3,(H3,10,11,12). The fraction of sp³-hybridized carbons (Fsp3) is 0.375. The zero-order valence-electron chi connectivity index (χ0n) is 7.29. The molecule has 0 radical (unpaired) electrons. The zero-order valence-corrected chi connectivity index (χ0v) is 7.29. The van der Waals surface area contributed by atoms with Crippen molar-refractivity contribution in [3.63, 3.8) is 0 Å². The molecule has 0 spiro atoms. The first-order valence-corrected chi connectivity index (χ1v) is 3.87. The predicted octanol–water partition coefficient (Wildman–Crippen LogP) is 0.385. The molecule has 0 saturated heterocycles. The van der Waals surface area contributed by atoms with Crippen molar-refractivity contribution in [3.8, 4) is 6.07 Å². The smallest absolute Gasteiger partial charge is 0.163 e. The van der Waals surface area contributed by atoms with Gasteiger partial charge in [-0.05, 0) is 13.3 Å². The molecule has 0 aromatic carbocycles. The van der Waals surface area contributed by atoms with Crippen LogP contribution in [0.3, 0.4) is 0 Å². The molecule has 0 atom stereocenters. The molecule has 1 aromatic heterocycles. The fourth-order valence-electron chi connectivity index (χ4n) is 1.00. The number of nitrogens with one attached hydrogen (secondary N) is 1. The van der Waals surface area contributed by atoms with Crippen LogP contribution in [0.25, 0.3) is 0 Å². The number of H-pyrrole nitrogens is 1. The average molecular weight is 178 g/mol. The maximum absolute atomic E-state index is 10.7. The van der Waals surface area contributed by atoms with Crippen LogP contribution < -0.4 is 5.73 Å². The first-order chi connectivity index (χ1) is 6.15. The molecule has 5 heteroatoms. The Hall–Kier alpha value is -1.83. The highest BCUT2D eigenvalue weighted by Gasteiger charge is 2.09. The summed E-state index contributed by atoms with van der Waals surface area (Å²) in [5.74, 6) is 0.276. The van der Waals surface area contributed by atoms with Crippen molar-refractivity contribution in [2.75, 3.05) is 5.73 Å². The van der Waals surface area contributed by atoms with E-state index >= 15 is 0 Å². The number of nitrogens with zero attached hydrogens (tertiary/aromatic N) is 2. The first kappa shape index (κ1) is 9.26. The first-order valence-electron chi connectivity index (χ1n) is 3.87. The number of Topliss-reactive ketones (excluding diaryl/α,β-unsaturated/α-hetero) is 1. The van der Waals surface area contributed by atoms with Crippen molar-refractivity contribution in [2.24, 2.45) is 0 Å². The molecule has 1 heterocycles. The van der Waals surface area contributed by atoms with Crippen LogP contribution in [0.4, 0.5) is 5.82 Å². The molecule has 0 aliphatic heterocycles. The topological polar surface area (TPSA) is 95.6 Å². The van der Waals surface area contributed by atoms with Gasteiger partial charge in [-0.25, -0.2) is 0 Å². The van der Waals surface area contributed by atoms with Crippen LogP contribution >= 0.6 is 0 Å². The van der Waals surface area contributed by atoms with Gasteiger partial charge in [-0.3, -0.25) is 5.10 Å². The van der Waals surface area contributed by atoms with E-state index in [9.17, 15) is 4.79 Å². The lowest BCUT2D eigenvalue weighted by Gasteiger charge is -1.93. The number of nitrogen functional groups attached to an aromatic ring is 1. The zero-order chi connectivity index (χ0) is 9.84. The minimum Gasteiger partial charge on any atom is -0.381 e. The van der Waals surface area contributed by atoms with Gasteiger partial charge in [0, 0.05) is 6.42 Å². The Morgan fingerprint density at radius 2 is 2.46 bits per heavy atom. The second kappa shape index (κ2) is 3.72. The summed E-state index contributed by atoms with van der Waals surface area (Å²) in [4.78, 5) is 10.7. The van der Waals surface area contributed by atoms with Gasteiger partial charge in [-0.15, -0.1) is 0 Å². The second-order valence-electron chi connectivity index (χ2n) is 2.78. The minimum absolute atomic E-state index is 0.0806. The highest BCUT2D eigenvalue weighted by atomic mass is 16.1. The number of carbonyl (C=O) groups is 1. The Balaban J connectivity index is 2.78. The molecule has 13 heavy (non-hydrogen) atoms. The summed E-state index contributed by atoms with van der Waals surface area (Å²) < 4.78 is 0. The van der Waals surface area contributed by atoms with Crippen LogP contribution in [0.15, 0.2) is 0 Å². The summed E-state index contributed by atoms with van der Waals surface area (Å²) in [6.45, 7) is 1.51. The van der Waals surface area contributed by atoms with Crippen molar-refractivity contribution in [2.45, 2.75) is 19.8 Å². The van der Waals surface area contributed by atoms with Crippen molar-refractivity contribution >= 4 is 11.6 Å². The fourth-order valence-corrected chi connectivity index (χ4v) is 1.00. The number of ketones is 1. The molecule has 68 valence electrons. The van der Waals surface area contributed by atoms with E-state index in [1.807, 2.05) is 6.07 Å².